The lowest BCUT2D eigenvalue weighted by atomic mass is 10.1. The summed E-state index contributed by atoms with van der Waals surface area (Å²) in [5, 5.41) is 19.7. The number of aromatic nitrogens is 4. The summed E-state index contributed by atoms with van der Waals surface area (Å²) in [5.74, 6) is 0.302. The molecule has 104 valence electrons. The van der Waals surface area contributed by atoms with Crippen LogP contribution < -0.4 is 5.32 Å². The molecule has 1 aliphatic heterocycles. The molecule has 0 radical (unpaired) electrons. The lowest BCUT2D eigenvalue weighted by molar-refractivity contribution is -0.119. The Balaban J connectivity index is 1.77. The van der Waals surface area contributed by atoms with Gasteiger partial charge in [-0.05, 0) is 25.4 Å². The topological polar surface area (TPSA) is 105 Å². The van der Waals surface area contributed by atoms with Crippen molar-refractivity contribution in [3.05, 3.63) is 5.69 Å². The van der Waals surface area contributed by atoms with Crippen LogP contribution in [0.5, 0.6) is 0 Å². The molecule has 11 heteroatoms. The first-order chi connectivity index (χ1) is 9.58. The summed E-state index contributed by atoms with van der Waals surface area (Å²) in [6.45, 7) is 3.60. The minimum Gasteiger partial charge on any atom is -0.298 e. The molecular weight excluding hydrogens is 318 g/mol. The number of hydrogen-bond acceptors (Lipinski definition) is 10. The van der Waals surface area contributed by atoms with Crippen LogP contribution in [0.3, 0.4) is 0 Å². The van der Waals surface area contributed by atoms with Crippen molar-refractivity contribution in [1.29, 1.82) is 0 Å². The summed E-state index contributed by atoms with van der Waals surface area (Å²) in [7, 11) is 0. The number of hydrogen-bond donors (Lipinski definition) is 1. The molecule has 1 atom stereocenters. The van der Waals surface area contributed by atoms with E-state index in [9.17, 15) is 4.79 Å². The Morgan fingerprint density at radius 1 is 1.35 bits per heavy atom. The predicted molar refractivity (Wildman–Crippen MR) is 77.9 cm³/mol. The number of carbonyl (C=O) groups is 1. The zero-order chi connectivity index (χ0) is 14.2. The largest absolute Gasteiger partial charge is 0.298 e. The van der Waals surface area contributed by atoms with Crippen molar-refractivity contribution in [1.82, 2.24) is 19.8 Å². The van der Waals surface area contributed by atoms with Gasteiger partial charge in [-0.15, -0.1) is 19.8 Å². The molecule has 8 nitrogen and oxygen atoms in total. The van der Waals surface area contributed by atoms with Gasteiger partial charge in [0, 0.05) is 11.9 Å². The number of carbonyl (C=O) groups excluding carboxylic acids is 1. The average molecular weight is 327 g/mol. The standard InChI is InChI=1S/C9H9N7OS3/c1-4-5(20-15-11-4)6-12-13-8(19-6)10-7(17)9(2)3-18-16-14-9/h3H2,1-2H3,(H,10,13,17). The minimum absolute atomic E-state index is 0.229. The van der Waals surface area contributed by atoms with E-state index in [1.54, 1.807) is 6.92 Å². The van der Waals surface area contributed by atoms with Gasteiger partial charge in [0.05, 0.1) is 11.4 Å². The summed E-state index contributed by atoms with van der Waals surface area (Å²) >= 11 is 3.82. The van der Waals surface area contributed by atoms with E-state index in [1.165, 1.54) is 34.8 Å². The number of rotatable bonds is 3. The van der Waals surface area contributed by atoms with Crippen molar-refractivity contribution < 1.29 is 4.79 Å². The lowest BCUT2D eigenvalue weighted by Crippen LogP contribution is -2.38. The smallest absolute Gasteiger partial charge is 0.256 e. The number of aryl methyl sites for hydroxylation is 1. The molecule has 0 aromatic carbocycles. The molecule has 0 fully saturated rings. The Bertz CT molecular complexity index is 681. The molecule has 2 aromatic rings. The Hall–Kier alpha value is -1.46. The highest BCUT2D eigenvalue weighted by atomic mass is 32.2. The highest BCUT2D eigenvalue weighted by molar-refractivity contribution is 7.98. The van der Waals surface area contributed by atoms with Crippen LogP contribution in [0.4, 0.5) is 5.13 Å². The van der Waals surface area contributed by atoms with Crippen molar-refractivity contribution in [2.24, 2.45) is 9.63 Å². The van der Waals surface area contributed by atoms with Crippen molar-refractivity contribution in [3.63, 3.8) is 0 Å². The Labute approximate surface area is 126 Å². The average Bonchev–Trinajstić information content (AvgIpc) is 3.11. The molecule has 0 spiro atoms. The molecule has 0 saturated heterocycles. The molecule has 1 amide bonds. The van der Waals surface area contributed by atoms with Crippen LogP contribution in [-0.2, 0) is 4.79 Å². The molecule has 1 aliphatic rings. The summed E-state index contributed by atoms with van der Waals surface area (Å²) in [6.07, 6.45) is 0. The van der Waals surface area contributed by atoms with Gasteiger partial charge < -0.3 is 0 Å². The van der Waals surface area contributed by atoms with Gasteiger partial charge >= 0.3 is 0 Å². The zero-order valence-corrected chi connectivity index (χ0v) is 13.0. The predicted octanol–water partition coefficient (Wildman–Crippen LogP) is 2.18. The molecular formula is C9H9N7OS3. The van der Waals surface area contributed by atoms with E-state index >= 15 is 0 Å². The fourth-order valence-electron chi connectivity index (χ4n) is 1.44. The van der Waals surface area contributed by atoms with Gasteiger partial charge in [0.15, 0.2) is 10.5 Å². The molecule has 0 aliphatic carbocycles. The van der Waals surface area contributed by atoms with Crippen LogP contribution in [0.2, 0.25) is 0 Å². The summed E-state index contributed by atoms with van der Waals surface area (Å²) in [6, 6.07) is 0. The number of amides is 1. The maximum Gasteiger partial charge on any atom is 0.256 e. The van der Waals surface area contributed by atoms with Crippen LogP contribution in [0, 0.1) is 6.92 Å². The van der Waals surface area contributed by atoms with E-state index in [0.29, 0.717) is 15.9 Å². The number of nitrogens with one attached hydrogen (secondary N) is 1. The molecule has 20 heavy (non-hydrogen) atoms. The SMILES string of the molecule is Cc1nnsc1-c1nnc(NC(=O)C2(C)CSN=N2)s1. The third kappa shape index (κ3) is 2.43. The van der Waals surface area contributed by atoms with Crippen LogP contribution in [0.1, 0.15) is 12.6 Å². The molecule has 2 aromatic heterocycles. The molecule has 0 bridgehead atoms. The van der Waals surface area contributed by atoms with Crippen LogP contribution in [-0.4, -0.2) is 37.0 Å². The van der Waals surface area contributed by atoms with Crippen LogP contribution in [0.15, 0.2) is 9.63 Å². The third-order valence-electron chi connectivity index (χ3n) is 2.65. The second-order valence-electron chi connectivity index (χ2n) is 4.28. The maximum atomic E-state index is 12.1. The van der Waals surface area contributed by atoms with Crippen molar-refractivity contribution in [2.75, 3.05) is 11.1 Å². The van der Waals surface area contributed by atoms with E-state index in [1.807, 2.05) is 6.92 Å². The summed E-state index contributed by atoms with van der Waals surface area (Å²) in [4.78, 5) is 13.0. The second kappa shape index (κ2) is 5.14. The van der Waals surface area contributed by atoms with Crippen molar-refractivity contribution >= 4 is 45.9 Å². The van der Waals surface area contributed by atoms with Crippen molar-refractivity contribution in [3.8, 4) is 9.88 Å². The summed E-state index contributed by atoms with van der Waals surface area (Å²) in [5.41, 5.74) is -0.0321. The van der Waals surface area contributed by atoms with Crippen molar-refractivity contribution in [2.45, 2.75) is 19.4 Å². The number of anilines is 1. The van der Waals surface area contributed by atoms with Gasteiger partial charge in [0.1, 0.15) is 4.88 Å². The van der Waals surface area contributed by atoms with E-state index < -0.39 is 5.54 Å². The highest BCUT2D eigenvalue weighted by Crippen LogP contribution is 2.32. The molecule has 0 saturated carbocycles. The van der Waals surface area contributed by atoms with Gasteiger partial charge in [-0.25, -0.2) is 0 Å². The van der Waals surface area contributed by atoms with E-state index in [4.69, 9.17) is 0 Å². The van der Waals surface area contributed by atoms with Crippen LogP contribution >= 0.6 is 34.8 Å². The van der Waals surface area contributed by atoms with E-state index in [-0.39, 0.29) is 5.91 Å². The maximum absolute atomic E-state index is 12.1. The second-order valence-corrected chi connectivity index (χ2v) is 6.72. The quantitative estimate of drug-likeness (QED) is 0.866. The van der Waals surface area contributed by atoms with Crippen LogP contribution in [0.25, 0.3) is 9.88 Å². The Morgan fingerprint density at radius 3 is 2.85 bits per heavy atom. The summed E-state index contributed by atoms with van der Waals surface area (Å²) < 4.78 is 7.65. The van der Waals surface area contributed by atoms with Gasteiger partial charge in [-0.1, -0.05) is 15.8 Å². The monoisotopic (exact) mass is 327 g/mol. The third-order valence-corrected chi connectivity index (χ3v) is 5.35. The first-order valence-electron chi connectivity index (χ1n) is 5.57. The highest BCUT2D eigenvalue weighted by Gasteiger charge is 2.37. The van der Waals surface area contributed by atoms with Gasteiger partial charge in [-0.2, -0.15) is 5.11 Å². The zero-order valence-electron chi connectivity index (χ0n) is 10.5. The number of nitrogens with zero attached hydrogens (tertiary/aromatic N) is 6. The van der Waals surface area contributed by atoms with E-state index in [0.717, 1.165) is 10.6 Å². The first kappa shape index (κ1) is 13.5. The molecule has 3 rings (SSSR count). The minimum atomic E-state index is -0.835. The van der Waals surface area contributed by atoms with Gasteiger partial charge in [0.25, 0.3) is 5.91 Å². The fraction of sp³-hybridized carbons (Fsp3) is 0.444. The Kier molecular flexibility index (Phi) is 3.48. The molecule has 3 heterocycles. The Morgan fingerprint density at radius 2 is 2.20 bits per heavy atom. The molecule has 1 N–H and O–H groups in total. The lowest BCUT2D eigenvalue weighted by Gasteiger charge is -2.15. The molecule has 1 unspecified atom stereocenters. The van der Waals surface area contributed by atoms with E-state index in [2.05, 4.69) is 34.7 Å². The normalized spacial score (nSPS) is 21.3. The van der Waals surface area contributed by atoms with Gasteiger partial charge in [0.2, 0.25) is 5.13 Å². The fourth-order valence-corrected chi connectivity index (χ4v) is 3.68. The van der Waals surface area contributed by atoms with Gasteiger partial charge in [-0.3, -0.25) is 10.1 Å². The first-order valence-corrected chi connectivity index (χ1v) is 8.10.